The van der Waals surface area contributed by atoms with Crippen molar-refractivity contribution in [1.82, 2.24) is 10.2 Å². The van der Waals surface area contributed by atoms with E-state index in [0.29, 0.717) is 6.61 Å². The fourth-order valence-corrected chi connectivity index (χ4v) is 2.98. The van der Waals surface area contributed by atoms with Crippen LogP contribution in [0, 0.1) is 0 Å². The molecule has 1 N–H and O–H groups in total. The zero-order valence-electron chi connectivity index (χ0n) is 14.6. The van der Waals surface area contributed by atoms with Crippen molar-refractivity contribution < 1.29 is 4.74 Å². The molecule has 0 aliphatic carbocycles. The van der Waals surface area contributed by atoms with Crippen LogP contribution in [0.4, 0.5) is 0 Å². The van der Waals surface area contributed by atoms with Crippen molar-refractivity contribution in [2.75, 3.05) is 20.1 Å². The lowest BCUT2D eigenvalue weighted by Crippen LogP contribution is -2.39. The lowest BCUT2D eigenvalue weighted by atomic mass is 10.1. The lowest BCUT2D eigenvalue weighted by Gasteiger charge is -2.21. The summed E-state index contributed by atoms with van der Waals surface area (Å²) < 4.78 is 5.90. The summed E-state index contributed by atoms with van der Waals surface area (Å²) in [7, 11) is 1.85. The van der Waals surface area contributed by atoms with Crippen molar-refractivity contribution in [3.05, 3.63) is 65.7 Å². The molecule has 4 nitrogen and oxygen atoms in total. The summed E-state index contributed by atoms with van der Waals surface area (Å²) in [5.74, 6) is 1.89. The van der Waals surface area contributed by atoms with E-state index in [4.69, 9.17) is 4.74 Å². The van der Waals surface area contributed by atoms with Crippen molar-refractivity contribution in [1.29, 1.82) is 0 Å². The van der Waals surface area contributed by atoms with Crippen molar-refractivity contribution in [3.63, 3.8) is 0 Å². The number of rotatable bonds is 5. The van der Waals surface area contributed by atoms with Crippen LogP contribution in [0.15, 0.2) is 59.6 Å². The molecule has 0 bridgehead atoms. The number of halogens is 1. The van der Waals surface area contributed by atoms with Crippen LogP contribution < -0.4 is 10.1 Å². The van der Waals surface area contributed by atoms with Gasteiger partial charge in [0, 0.05) is 26.7 Å². The molecule has 1 fully saturated rings. The molecule has 2 aromatic carbocycles. The van der Waals surface area contributed by atoms with E-state index in [1.165, 1.54) is 24.0 Å². The molecule has 25 heavy (non-hydrogen) atoms. The Morgan fingerprint density at radius 1 is 1.00 bits per heavy atom. The fraction of sp³-hybridized carbons (Fsp3) is 0.350. The second-order valence-corrected chi connectivity index (χ2v) is 5.97. The maximum absolute atomic E-state index is 5.90. The first-order valence-electron chi connectivity index (χ1n) is 8.57. The van der Waals surface area contributed by atoms with E-state index in [1.807, 2.05) is 37.4 Å². The predicted molar refractivity (Wildman–Crippen MR) is 114 cm³/mol. The van der Waals surface area contributed by atoms with Crippen LogP contribution in [0.5, 0.6) is 5.75 Å². The lowest BCUT2D eigenvalue weighted by molar-refractivity contribution is 0.305. The van der Waals surface area contributed by atoms with Crippen LogP contribution in [0.3, 0.4) is 0 Å². The number of guanidine groups is 1. The first kappa shape index (κ1) is 19.6. The third-order valence-electron chi connectivity index (χ3n) is 4.31. The Bertz CT molecular complexity index is 670. The van der Waals surface area contributed by atoms with Gasteiger partial charge in [-0.25, -0.2) is 0 Å². The van der Waals surface area contributed by atoms with Crippen LogP contribution in [-0.2, 0) is 13.2 Å². The first-order chi connectivity index (χ1) is 11.9. The third-order valence-corrected chi connectivity index (χ3v) is 4.31. The average Bonchev–Trinajstić information content (AvgIpc) is 3.17. The molecule has 1 heterocycles. The molecule has 0 atom stereocenters. The van der Waals surface area contributed by atoms with Crippen LogP contribution in [0.25, 0.3) is 0 Å². The van der Waals surface area contributed by atoms with Gasteiger partial charge in [-0.3, -0.25) is 4.99 Å². The van der Waals surface area contributed by atoms with Crippen molar-refractivity contribution in [3.8, 4) is 5.75 Å². The topological polar surface area (TPSA) is 36.9 Å². The molecule has 0 amide bonds. The van der Waals surface area contributed by atoms with Gasteiger partial charge in [-0.2, -0.15) is 0 Å². The Kier molecular flexibility index (Phi) is 8.04. The minimum Gasteiger partial charge on any atom is -0.489 e. The Labute approximate surface area is 167 Å². The summed E-state index contributed by atoms with van der Waals surface area (Å²) >= 11 is 0. The highest BCUT2D eigenvalue weighted by Crippen LogP contribution is 2.15. The number of para-hydroxylation sites is 1. The SMILES string of the molecule is CN=C(NCc1ccccc1COc1ccccc1)N1CCCC1.I. The molecule has 0 radical (unpaired) electrons. The Morgan fingerprint density at radius 3 is 2.32 bits per heavy atom. The summed E-state index contributed by atoms with van der Waals surface area (Å²) in [6.07, 6.45) is 2.50. The van der Waals surface area contributed by atoms with E-state index < -0.39 is 0 Å². The third kappa shape index (κ3) is 5.63. The number of ether oxygens (including phenoxy) is 1. The summed E-state index contributed by atoms with van der Waals surface area (Å²) in [6, 6.07) is 18.3. The molecule has 1 aliphatic rings. The van der Waals surface area contributed by atoms with Gasteiger partial charge in [0.05, 0.1) is 0 Å². The second kappa shape index (κ2) is 10.3. The maximum Gasteiger partial charge on any atom is 0.193 e. The number of nitrogens with zero attached hydrogens (tertiary/aromatic N) is 2. The molecule has 5 heteroatoms. The quantitative estimate of drug-likeness (QED) is 0.424. The molecule has 1 aliphatic heterocycles. The highest BCUT2D eigenvalue weighted by Gasteiger charge is 2.15. The zero-order valence-corrected chi connectivity index (χ0v) is 17.0. The van der Waals surface area contributed by atoms with E-state index in [0.717, 1.165) is 31.3 Å². The normalized spacial score (nSPS) is 14.1. The fourth-order valence-electron chi connectivity index (χ4n) is 2.98. The molecule has 0 spiro atoms. The largest absolute Gasteiger partial charge is 0.489 e. The highest BCUT2D eigenvalue weighted by atomic mass is 127. The van der Waals surface area contributed by atoms with Crippen molar-refractivity contribution in [2.24, 2.45) is 4.99 Å². The summed E-state index contributed by atoms with van der Waals surface area (Å²) in [6.45, 7) is 3.53. The Balaban J connectivity index is 0.00000225. The van der Waals surface area contributed by atoms with Gasteiger partial charge in [0.15, 0.2) is 5.96 Å². The first-order valence-corrected chi connectivity index (χ1v) is 8.57. The van der Waals surface area contributed by atoms with E-state index in [2.05, 4.69) is 39.5 Å². The molecular weight excluding hydrogens is 425 g/mol. The average molecular weight is 451 g/mol. The maximum atomic E-state index is 5.90. The number of benzene rings is 2. The van der Waals surface area contributed by atoms with Crippen LogP contribution in [0.2, 0.25) is 0 Å². The van der Waals surface area contributed by atoms with E-state index in [-0.39, 0.29) is 24.0 Å². The van der Waals surface area contributed by atoms with Crippen LogP contribution in [-0.4, -0.2) is 31.0 Å². The summed E-state index contributed by atoms with van der Waals surface area (Å²) in [5, 5.41) is 3.49. The zero-order chi connectivity index (χ0) is 16.6. The van der Waals surface area contributed by atoms with Gasteiger partial charge in [-0.1, -0.05) is 42.5 Å². The molecule has 2 aromatic rings. The molecule has 1 saturated heterocycles. The van der Waals surface area contributed by atoms with E-state index >= 15 is 0 Å². The summed E-state index contributed by atoms with van der Waals surface area (Å²) in [4.78, 5) is 6.73. The smallest absolute Gasteiger partial charge is 0.193 e. The molecular formula is C20H26IN3O. The molecule has 134 valence electrons. The monoisotopic (exact) mass is 451 g/mol. The van der Waals surface area contributed by atoms with Gasteiger partial charge in [-0.05, 0) is 36.1 Å². The van der Waals surface area contributed by atoms with Crippen LogP contribution >= 0.6 is 24.0 Å². The van der Waals surface area contributed by atoms with Gasteiger partial charge in [0.2, 0.25) is 0 Å². The number of aliphatic imine (C=N–C) groups is 1. The number of hydrogen-bond donors (Lipinski definition) is 1. The van der Waals surface area contributed by atoms with Crippen molar-refractivity contribution in [2.45, 2.75) is 26.0 Å². The standard InChI is InChI=1S/C20H25N3O.HI/c1-21-20(23-13-7-8-14-23)22-15-17-9-5-6-10-18(17)16-24-19-11-3-2-4-12-19;/h2-6,9-12H,7-8,13-16H2,1H3,(H,21,22);1H. The predicted octanol–water partition coefficient (Wildman–Crippen LogP) is 4.05. The minimum absolute atomic E-state index is 0. The van der Waals surface area contributed by atoms with Gasteiger partial charge in [-0.15, -0.1) is 24.0 Å². The number of likely N-dealkylation sites (tertiary alicyclic amines) is 1. The molecule has 3 rings (SSSR count). The summed E-state index contributed by atoms with van der Waals surface area (Å²) in [5.41, 5.74) is 2.44. The Morgan fingerprint density at radius 2 is 1.64 bits per heavy atom. The Hall–Kier alpha value is -1.76. The molecule has 0 saturated carbocycles. The van der Waals surface area contributed by atoms with Gasteiger partial charge >= 0.3 is 0 Å². The van der Waals surface area contributed by atoms with Crippen LogP contribution in [0.1, 0.15) is 24.0 Å². The second-order valence-electron chi connectivity index (χ2n) is 5.97. The number of hydrogen-bond acceptors (Lipinski definition) is 2. The highest BCUT2D eigenvalue weighted by molar-refractivity contribution is 14.0. The van der Waals surface area contributed by atoms with Gasteiger partial charge < -0.3 is 15.0 Å². The minimum atomic E-state index is 0. The van der Waals surface area contributed by atoms with E-state index in [9.17, 15) is 0 Å². The van der Waals surface area contributed by atoms with Gasteiger partial charge in [0.25, 0.3) is 0 Å². The molecule has 0 aromatic heterocycles. The van der Waals surface area contributed by atoms with E-state index in [1.54, 1.807) is 0 Å². The molecule has 0 unspecified atom stereocenters. The van der Waals surface area contributed by atoms with Gasteiger partial charge in [0.1, 0.15) is 12.4 Å². The number of nitrogens with one attached hydrogen (secondary N) is 1. The van der Waals surface area contributed by atoms with Crippen molar-refractivity contribution >= 4 is 29.9 Å².